The summed E-state index contributed by atoms with van der Waals surface area (Å²) < 4.78 is 6.94. The first-order valence-electron chi connectivity index (χ1n) is 9.66. The van der Waals surface area contributed by atoms with Crippen LogP contribution >= 0.6 is 0 Å². The van der Waals surface area contributed by atoms with Gasteiger partial charge in [-0.15, -0.1) is 0 Å². The normalized spacial score (nSPS) is 15.2. The molecule has 0 radical (unpaired) electrons. The smallest absolute Gasteiger partial charge is 1.00 e. The minimum absolute atomic E-state index is 0. The van der Waals surface area contributed by atoms with E-state index in [1.807, 2.05) is 0 Å². The number of rotatable bonds is 5. The Hall–Kier alpha value is 0.146. The molecule has 150 valence electrons. The van der Waals surface area contributed by atoms with E-state index in [-0.39, 0.29) is 30.2 Å². The van der Waals surface area contributed by atoms with Crippen molar-refractivity contribution in [3.8, 4) is 11.1 Å². The summed E-state index contributed by atoms with van der Waals surface area (Å²) in [4.78, 5) is 0. The zero-order valence-electron chi connectivity index (χ0n) is 17.6. The first-order chi connectivity index (χ1) is 12.3. The maximum Gasteiger partial charge on any atom is -1.00 e. The second kappa shape index (κ2) is 11.0. The molecule has 1 unspecified atom stereocenters. The van der Waals surface area contributed by atoms with Gasteiger partial charge in [-0.2, -0.15) is 0 Å². The van der Waals surface area contributed by atoms with Crippen LogP contribution in [0.15, 0.2) is 48.0 Å². The van der Waals surface area contributed by atoms with E-state index >= 15 is 0 Å². The average Bonchev–Trinajstić information content (AvgIpc) is 2.97. The van der Waals surface area contributed by atoms with Crippen LogP contribution in [0.4, 0.5) is 0 Å². The molecule has 28 heavy (non-hydrogen) atoms. The van der Waals surface area contributed by atoms with Gasteiger partial charge in [0.2, 0.25) is 0 Å². The number of hydrogen-bond donors (Lipinski definition) is 0. The SMILES string of the molecule is CCC1=Cc2c(-c3ccc(C(C)(C)C)cc3)cccc2[CH]1[Zr+2][O][GeH]([CH3])[CH3].[Cl-].[Cl-]. The van der Waals surface area contributed by atoms with Crippen molar-refractivity contribution >= 4 is 20.8 Å². The van der Waals surface area contributed by atoms with E-state index in [2.05, 4.69) is 87.7 Å². The van der Waals surface area contributed by atoms with Crippen molar-refractivity contribution in [3.05, 3.63) is 64.7 Å². The molecule has 2 aromatic carbocycles. The third kappa shape index (κ3) is 5.85. The summed E-state index contributed by atoms with van der Waals surface area (Å²) in [5.41, 5.74) is 8.85. The van der Waals surface area contributed by atoms with Crippen LogP contribution in [0.3, 0.4) is 0 Å². The standard InChI is InChI=1S/C21H23.C2H7GeO.2ClH.Zr/c1-5-15-13-17-7-6-8-19(20(17)14-15)16-9-11-18(12-10-16)21(2,3)4;1-3(2)4;;;/h6-14H,5H2,1-4H3;3H,1-2H3;2*1H;/q;-1;;;+3/p-2. The minimum atomic E-state index is -1.37. The predicted molar refractivity (Wildman–Crippen MR) is 112 cm³/mol. The van der Waals surface area contributed by atoms with E-state index in [9.17, 15) is 0 Å². The van der Waals surface area contributed by atoms with Crippen LogP contribution in [0.25, 0.3) is 17.2 Å². The fourth-order valence-corrected chi connectivity index (χ4v) is 11.6. The third-order valence-corrected chi connectivity index (χ3v) is 16.3. The van der Waals surface area contributed by atoms with Crippen molar-refractivity contribution in [2.45, 2.75) is 54.7 Å². The predicted octanol–water partition coefficient (Wildman–Crippen LogP) is 0.505. The van der Waals surface area contributed by atoms with Crippen LogP contribution in [0, 0.1) is 0 Å². The topological polar surface area (TPSA) is 9.23 Å². The van der Waals surface area contributed by atoms with Crippen LogP contribution in [-0.2, 0) is 30.9 Å². The third-order valence-electron chi connectivity index (χ3n) is 5.04. The Morgan fingerprint density at radius 3 is 2.18 bits per heavy atom. The second-order valence-corrected chi connectivity index (χ2v) is 18.3. The molecule has 0 fully saturated rings. The molecule has 2 aromatic rings. The quantitative estimate of drug-likeness (QED) is 0.488. The zero-order chi connectivity index (χ0) is 18.9. The monoisotopic (exact) mass is 556 g/mol. The molecule has 0 heterocycles. The van der Waals surface area contributed by atoms with Gasteiger partial charge in [-0.1, -0.05) is 0 Å². The molecule has 1 atom stereocenters. The summed E-state index contributed by atoms with van der Waals surface area (Å²) in [7, 11) is 0. The van der Waals surface area contributed by atoms with Gasteiger partial charge in [0.1, 0.15) is 0 Å². The van der Waals surface area contributed by atoms with Gasteiger partial charge in [-0.25, -0.2) is 0 Å². The second-order valence-electron chi connectivity index (χ2n) is 8.43. The van der Waals surface area contributed by atoms with E-state index in [0.29, 0.717) is 3.63 Å². The molecule has 0 spiro atoms. The summed E-state index contributed by atoms with van der Waals surface area (Å²) in [6, 6.07) is 16.0. The molecular weight excluding hydrogens is 527 g/mol. The Balaban J connectivity index is 0.00000196. The van der Waals surface area contributed by atoms with Crippen LogP contribution in [-0.4, -0.2) is 14.7 Å². The Bertz CT molecular complexity index is 810. The molecule has 0 bridgehead atoms. The van der Waals surface area contributed by atoms with Crippen molar-refractivity contribution < 1.29 is 50.3 Å². The Morgan fingerprint density at radius 2 is 1.64 bits per heavy atom. The largest absolute Gasteiger partial charge is 1.00 e. The average molecular weight is 557 g/mol. The van der Waals surface area contributed by atoms with Gasteiger partial charge in [0.15, 0.2) is 0 Å². The van der Waals surface area contributed by atoms with Gasteiger partial charge in [0, 0.05) is 0 Å². The molecule has 0 saturated carbocycles. The fourth-order valence-electron chi connectivity index (χ4n) is 3.52. The Morgan fingerprint density at radius 1 is 1.00 bits per heavy atom. The Labute approximate surface area is 200 Å². The molecule has 0 aromatic heterocycles. The molecule has 0 N–H and O–H groups in total. The summed E-state index contributed by atoms with van der Waals surface area (Å²) >= 11 is -2.21. The van der Waals surface area contributed by atoms with Crippen molar-refractivity contribution in [2.24, 2.45) is 0 Å². The van der Waals surface area contributed by atoms with Crippen LogP contribution in [0.1, 0.15) is 54.4 Å². The fraction of sp³-hybridized carbons (Fsp3) is 0.391. The van der Waals surface area contributed by atoms with Crippen molar-refractivity contribution in [3.63, 3.8) is 0 Å². The van der Waals surface area contributed by atoms with Gasteiger partial charge in [-0.3, -0.25) is 0 Å². The number of benzene rings is 2. The first kappa shape index (κ1) is 26.2. The molecule has 1 nitrogen and oxygen atoms in total. The summed E-state index contributed by atoms with van der Waals surface area (Å²) in [6.45, 7) is 9.11. The molecule has 0 aliphatic heterocycles. The maximum absolute atomic E-state index is 6.33. The van der Waals surface area contributed by atoms with Crippen molar-refractivity contribution in [2.75, 3.05) is 0 Å². The van der Waals surface area contributed by atoms with Gasteiger partial charge in [-0.05, 0) is 0 Å². The van der Waals surface area contributed by atoms with Gasteiger partial charge < -0.3 is 24.8 Å². The molecule has 3 rings (SSSR count). The maximum atomic E-state index is 6.33. The molecule has 1 aliphatic carbocycles. The van der Waals surface area contributed by atoms with Gasteiger partial charge in [0.25, 0.3) is 0 Å². The summed E-state index contributed by atoms with van der Waals surface area (Å²) in [5.74, 6) is 4.68. The van der Waals surface area contributed by atoms with Gasteiger partial charge in [0.05, 0.1) is 0 Å². The summed E-state index contributed by atoms with van der Waals surface area (Å²) in [5, 5.41) is 0. The summed E-state index contributed by atoms with van der Waals surface area (Å²) in [6.07, 6.45) is 3.60. The van der Waals surface area contributed by atoms with Crippen LogP contribution in [0.2, 0.25) is 11.5 Å². The minimum Gasteiger partial charge on any atom is -1.00 e. The molecule has 1 aliphatic rings. The van der Waals surface area contributed by atoms with Crippen LogP contribution < -0.4 is 24.8 Å². The molecular formula is C23H30Cl2GeOZr. The number of allylic oxidation sites excluding steroid dienone is 1. The van der Waals surface area contributed by atoms with Crippen LogP contribution in [0.5, 0.6) is 0 Å². The van der Waals surface area contributed by atoms with E-state index in [0.717, 1.165) is 6.42 Å². The zero-order valence-corrected chi connectivity index (χ0v) is 24.0. The Kier molecular flexibility index (Phi) is 10.2. The molecule has 5 heteroatoms. The molecule has 0 amide bonds. The number of fused-ring (bicyclic) bond motifs is 1. The van der Waals surface area contributed by atoms with E-state index in [1.54, 1.807) is 5.57 Å². The van der Waals surface area contributed by atoms with Gasteiger partial charge >= 0.3 is 177 Å². The van der Waals surface area contributed by atoms with E-state index in [1.165, 1.54) is 27.8 Å². The first-order valence-corrected chi connectivity index (χ1v) is 17.9. The van der Waals surface area contributed by atoms with E-state index in [4.69, 9.17) is 1.84 Å². The molecule has 0 saturated heterocycles. The van der Waals surface area contributed by atoms with Crippen molar-refractivity contribution in [1.82, 2.24) is 0 Å². The number of halogens is 2. The van der Waals surface area contributed by atoms with E-state index < -0.39 is 38.4 Å². The van der Waals surface area contributed by atoms with Crippen molar-refractivity contribution in [1.29, 1.82) is 0 Å². The number of hydrogen-bond acceptors (Lipinski definition) is 1.